The van der Waals surface area contributed by atoms with Crippen LogP contribution in [0.3, 0.4) is 0 Å². The zero-order chi connectivity index (χ0) is 14.9. The summed E-state index contributed by atoms with van der Waals surface area (Å²) in [5, 5.41) is 0. The molecule has 0 aliphatic carbocycles. The van der Waals surface area contributed by atoms with E-state index < -0.39 is 17.5 Å². The van der Waals surface area contributed by atoms with Crippen molar-refractivity contribution in [1.29, 1.82) is 0 Å². The van der Waals surface area contributed by atoms with Gasteiger partial charge in [0.25, 0.3) is 0 Å². The van der Waals surface area contributed by atoms with Gasteiger partial charge in [0, 0.05) is 28.0 Å². The summed E-state index contributed by atoms with van der Waals surface area (Å²) < 4.78 is 39.3. The Balaban J connectivity index is 2.55. The molecule has 0 bridgehead atoms. The molecule has 0 saturated heterocycles. The number of hydrogen-bond acceptors (Lipinski definition) is 2. The predicted octanol–water partition coefficient (Wildman–Crippen LogP) is 4.40. The van der Waals surface area contributed by atoms with Crippen molar-refractivity contribution < 1.29 is 18.0 Å². The number of rotatable bonds is 2. The molecule has 0 spiro atoms. The molecule has 0 radical (unpaired) electrons. The van der Waals surface area contributed by atoms with E-state index >= 15 is 0 Å². The van der Waals surface area contributed by atoms with Crippen molar-refractivity contribution in [2.24, 2.45) is 0 Å². The lowest BCUT2D eigenvalue weighted by molar-refractivity contribution is -0.137. The van der Waals surface area contributed by atoms with Crippen LogP contribution in [0.4, 0.5) is 13.2 Å². The van der Waals surface area contributed by atoms with E-state index in [1.54, 1.807) is 6.92 Å². The third-order valence-corrected chi connectivity index (χ3v) is 3.16. The number of benzene rings is 1. The van der Waals surface area contributed by atoms with Crippen molar-refractivity contribution in [3.8, 4) is 0 Å². The predicted molar refractivity (Wildman–Crippen MR) is 71.6 cm³/mol. The molecule has 0 N–H and O–H groups in total. The van der Waals surface area contributed by atoms with Crippen molar-refractivity contribution in [1.82, 2.24) is 4.98 Å². The fraction of sp³-hybridized carbons (Fsp3) is 0.143. The minimum atomic E-state index is -4.59. The molecule has 1 aromatic heterocycles. The van der Waals surface area contributed by atoms with Crippen LogP contribution in [0.25, 0.3) is 0 Å². The number of carbonyl (C=O) groups is 1. The molecular weight excluding hydrogens is 335 g/mol. The molecule has 0 amide bonds. The first-order valence-electron chi connectivity index (χ1n) is 5.62. The molecule has 0 aliphatic heterocycles. The summed E-state index contributed by atoms with van der Waals surface area (Å²) in [7, 11) is 0. The van der Waals surface area contributed by atoms with Gasteiger partial charge in [-0.15, -0.1) is 0 Å². The number of alkyl halides is 3. The Morgan fingerprint density at radius 1 is 1.20 bits per heavy atom. The Morgan fingerprint density at radius 3 is 2.50 bits per heavy atom. The van der Waals surface area contributed by atoms with Gasteiger partial charge in [0.2, 0.25) is 0 Å². The van der Waals surface area contributed by atoms with Crippen LogP contribution in [-0.4, -0.2) is 10.8 Å². The Bertz CT molecular complexity index is 668. The van der Waals surface area contributed by atoms with Gasteiger partial charge in [-0.3, -0.25) is 9.78 Å². The molecule has 2 aromatic rings. The van der Waals surface area contributed by atoms with Crippen molar-refractivity contribution in [3.63, 3.8) is 0 Å². The van der Waals surface area contributed by atoms with E-state index in [1.807, 2.05) is 0 Å². The SMILES string of the molecule is Cc1cncc(C(=O)c2ccc(Br)cc2C(F)(F)F)c1. The Hall–Kier alpha value is -1.69. The molecule has 2 nitrogen and oxygen atoms in total. The highest BCUT2D eigenvalue weighted by Crippen LogP contribution is 2.34. The van der Waals surface area contributed by atoms with Crippen LogP contribution in [0, 0.1) is 6.92 Å². The first-order valence-corrected chi connectivity index (χ1v) is 6.41. The first-order chi connectivity index (χ1) is 9.29. The van der Waals surface area contributed by atoms with E-state index in [2.05, 4.69) is 20.9 Å². The summed E-state index contributed by atoms with van der Waals surface area (Å²) in [6.07, 6.45) is -1.80. The Labute approximate surface area is 121 Å². The Morgan fingerprint density at radius 2 is 1.90 bits per heavy atom. The average Bonchev–Trinajstić information content (AvgIpc) is 2.37. The van der Waals surface area contributed by atoms with E-state index in [0.717, 1.165) is 12.1 Å². The van der Waals surface area contributed by atoms with Gasteiger partial charge in [-0.05, 0) is 36.8 Å². The third-order valence-electron chi connectivity index (χ3n) is 2.67. The lowest BCUT2D eigenvalue weighted by Gasteiger charge is -2.12. The summed E-state index contributed by atoms with van der Waals surface area (Å²) in [6, 6.07) is 4.98. The number of aromatic nitrogens is 1. The number of aryl methyl sites for hydroxylation is 1. The summed E-state index contributed by atoms with van der Waals surface area (Å²) >= 11 is 2.98. The minimum absolute atomic E-state index is 0.137. The fourth-order valence-corrected chi connectivity index (χ4v) is 2.14. The lowest BCUT2D eigenvalue weighted by atomic mass is 9.98. The van der Waals surface area contributed by atoms with Gasteiger partial charge < -0.3 is 0 Å². The average molecular weight is 344 g/mol. The maximum atomic E-state index is 13.0. The second kappa shape index (κ2) is 5.36. The molecule has 104 valence electrons. The van der Waals surface area contributed by atoms with Crippen LogP contribution >= 0.6 is 15.9 Å². The van der Waals surface area contributed by atoms with Crippen LogP contribution in [0.2, 0.25) is 0 Å². The van der Waals surface area contributed by atoms with Gasteiger partial charge in [-0.2, -0.15) is 13.2 Å². The van der Waals surface area contributed by atoms with Gasteiger partial charge in [-0.25, -0.2) is 0 Å². The second-order valence-corrected chi connectivity index (χ2v) is 5.18. The highest BCUT2D eigenvalue weighted by atomic mass is 79.9. The van der Waals surface area contributed by atoms with Crippen LogP contribution < -0.4 is 0 Å². The number of halogens is 4. The normalized spacial score (nSPS) is 11.4. The molecule has 2 rings (SSSR count). The zero-order valence-electron chi connectivity index (χ0n) is 10.3. The van der Waals surface area contributed by atoms with E-state index in [0.29, 0.717) is 5.56 Å². The second-order valence-electron chi connectivity index (χ2n) is 4.27. The zero-order valence-corrected chi connectivity index (χ0v) is 11.9. The van der Waals surface area contributed by atoms with E-state index in [1.165, 1.54) is 24.5 Å². The highest BCUT2D eigenvalue weighted by molar-refractivity contribution is 9.10. The molecule has 0 fully saturated rings. The number of hydrogen-bond donors (Lipinski definition) is 0. The largest absolute Gasteiger partial charge is 0.417 e. The van der Waals surface area contributed by atoms with Gasteiger partial charge in [0.15, 0.2) is 5.78 Å². The van der Waals surface area contributed by atoms with Crippen molar-refractivity contribution in [2.75, 3.05) is 0 Å². The number of ketones is 1. The quantitative estimate of drug-likeness (QED) is 0.756. The number of nitrogens with zero attached hydrogens (tertiary/aromatic N) is 1. The van der Waals surface area contributed by atoms with E-state index in [-0.39, 0.29) is 15.6 Å². The lowest BCUT2D eigenvalue weighted by Crippen LogP contribution is -2.14. The minimum Gasteiger partial charge on any atom is -0.289 e. The number of carbonyl (C=O) groups excluding carboxylic acids is 1. The van der Waals surface area contributed by atoms with Gasteiger partial charge >= 0.3 is 6.18 Å². The van der Waals surface area contributed by atoms with Gasteiger partial charge in [0.1, 0.15) is 0 Å². The van der Waals surface area contributed by atoms with Gasteiger partial charge in [0.05, 0.1) is 5.56 Å². The molecule has 0 aliphatic rings. The fourth-order valence-electron chi connectivity index (χ4n) is 1.78. The molecule has 0 saturated carbocycles. The van der Waals surface area contributed by atoms with Crippen molar-refractivity contribution in [2.45, 2.75) is 13.1 Å². The molecule has 6 heteroatoms. The maximum absolute atomic E-state index is 13.0. The summed E-state index contributed by atoms with van der Waals surface area (Å²) in [6.45, 7) is 1.72. The van der Waals surface area contributed by atoms with Crippen LogP contribution in [0.15, 0.2) is 41.1 Å². The van der Waals surface area contributed by atoms with Crippen LogP contribution in [0.5, 0.6) is 0 Å². The molecule has 0 unspecified atom stereocenters. The molecule has 20 heavy (non-hydrogen) atoms. The van der Waals surface area contributed by atoms with Crippen molar-refractivity contribution >= 4 is 21.7 Å². The molecular formula is C14H9BrF3NO. The smallest absolute Gasteiger partial charge is 0.289 e. The first kappa shape index (κ1) is 14.7. The highest BCUT2D eigenvalue weighted by Gasteiger charge is 2.35. The maximum Gasteiger partial charge on any atom is 0.417 e. The summed E-state index contributed by atoms with van der Waals surface area (Å²) in [5.74, 6) is -0.693. The summed E-state index contributed by atoms with van der Waals surface area (Å²) in [5.41, 5.74) is -0.495. The van der Waals surface area contributed by atoms with Gasteiger partial charge in [-0.1, -0.05) is 15.9 Å². The molecule has 1 heterocycles. The molecule has 1 aromatic carbocycles. The Kier molecular flexibility index (Phi) is 3.94. The topological polar surface area (TPSA) is 30.0 Å². The van der Waals surface area contributed by atoms with Crippen molar-refractivity contribution in [3.05, 3.63) is 63.4 Å². The summed E-state index contributed by atoms with van der Waals surface area (Å²) in [4.78, 5) is 16.1. The van der Waals surface area contributed by atoms with E-state index in [9.17, 15) is 18.0 Å². The van der Waals surface area contributed by atoms with Crippen LogP contribution in [0.1, 0.15) is 27.0 Å². The standard InChI is InChI=1S/C14H9BrF3NO/c1-8-4-9(7-19-6-8)13(20)11-3-2-10(15)5-12(11)14(16,17)18/h2-7H,1H3. The monoisotopic (exact) mass is 343 g/mol. The number of pyridine rings is 1. The van der Waals surface area contributed by atoms with E-state index in [4.69, 9.17) is 0 Å². The third kappa shape index (κ3) is 3.07. The van der Waals surface area contributed by atoms with Crippen LogP contribution in [-0.2, 0) is 6.18 Å². The molecule has 0 atom stereocenters.